The summed E-state index contributed by atoms with van der Waals surface area (Å²) >= 11 is 5.54. The molecule has 1 saturated carbocycles. The van der Waals surface area contributed by atoms with Gasteiger partial charge < -0.3 is 4.74 Å². The molecule has 1 aliphatic rings. The molecule has 0 saturated heterocycles. The Morgan fingerprint density at radius 2 is 1.70 bits per heavy atom. The molecule has 27 heavy (non-hydrogen) atoms. The van der Waals surface area contributed by atoms with Crippen LogP contribution in [0.2, 0.25) is 5.02 Å². The lowest BCUT2D eigenvalue weighted by molar-refractivity contribution is -0.185. The van der Waals surface area contributed by atoms with Crippen molar-refractivity contribution in [3.05, 3.63) is 76.6 Å². The molecule has 144 valence electrons. The fourth-order valence-corrected chi connectivity index (χ4v) is 3.73. The number of allylic oxidation sites excluding steroid dienone is 2. The zero-order valence-electron chi connectivity index (χ0n) is 15.1. The van der Waals surface area contributed by atoms with Crippen LogP contribution < -0.4 is 4.74 Å². The minimum Gasteiger partial charge on any atom is -0.429 e. The Labute approximate surface area is 162 Å². The highest BCUT2D eigenvalue weighted by Gasteiger charge is 2.35. The summed E-state index contributed by atoms with van der Waals surface area (Å²) in [5.74, 6) is 0.238. The van der Waals surface area contributed by atoms with Crippen LogP contribution in [0.5, 0.6) is 5.75 Å². The molecule has 0 bridgehead atoms. The van der Waals surface area contributed by atoms with Crippen LogP contribution in [0.3, 0.4) is 0 Å². The Morgan fingerprint density at radius 1 is 1.04 bits per heavy atom. The fourth-order valence-electron chi connectivity index (χ4n) is 3.61. The van der Waals surface area contributed by atoms with Gasteiger partial charge in [0.25, 0.3) is 0 Å². The van der Waals surface area contributed by atoms with Crippen molar-refractivity contribution in [1.29, 1.82) is 0 Å². The maximum Gasteiger partial charge on any atom is 0.426 e. The van der Waals surface area contributed by atoms with Gasteiger partial charge in [0.2, 0.25) is 0 Å². The van der Waals surface area contributed by atoms with Crippen molar-refractivity contribution in [2.45, 2.75) is 44.6 Å². The first-order chi connectivity index (χ1) is 12.9. The second kappa shape index (κ2) is 8.39. The van der Waals surface area contributed by atoms with Gasteiger partial charge in [-0.25, -0.2) is 4.39 Å². The molecule has 1 fully saturated rings. The standard InChI is InChI=1S/C22H22ClF3O/c1-2-3-15-4-6-16(7-5-15)17-8-11-19(12-9-17)27-22(25,26)18-10-13-20(23)21(24)14-18/h2-3,8-16H,4-7H2,1H3/b3-2+. The molecule has 0 radical (unpaired) electrons. The average Bonchev–Trinajstić information content (AvgIpc) is 2.65. The van der Waals surface area contributed by atoms with E-state index in [0.29, 0.717) is 17.9 Å². The van der Waals surface area contributed by atoms with Crippen molar-refractivity contribution >= 4 is 11.6 Å². The van der Waals surface area contributed by atoms with E-state index in [1.807, 2.05) is 19.1 Å². The van der Waals surface area contributed by atoms with Crippen LogP contribution in [0.1, 0.15) is 49.7 Å². The van der Waals surface area contributed by atoms with Gasteiger partial charge in [0, 0.05) is 0 Å². The Bertz CT molecular complexity index is 794. The van der Waals surface area contributed by atoms with E-state index in [0.717, 1.165) is 43.4 Å². The van der Waals surface area contributed by atoms with Crippen LogP contribution >= 0.6 is 11.6 Å². The van der Waals surface area contributed by atoms with Gasteiger partial charge in [0.1, 0.15) is 11.6 Å². The van der Waals surface area contributed by atoms with Crippen molar-refractivity contribution in [1.82, 2.24) is 0 Å². The van der Waals surface area contributed by atoms with Crippen molar-refractivity contribution in [2.24, 2.45) is 5.92 Å². The van der Waals surface area contributed by atoms with Crippen LogP contribution in [-0.4, -0.2) is 0 Å². The second-order valence-corrected chi connectivity index (χ2v) is 7.36. The zero-order chi connectivity index (χ0) is 19.4. The zero-order valence-corrected chi connectivity index (χ0v) is 15.9. The van der Waals surface area contributed by atoms with E-state index >= 15 is 0 Å². The number of benzene rings is 2. The highest BCUT2D eigenvalue weighted by Crippen LogP contribution is 2.38. The first kappa shape index (κ1) is 19.8. The molecule has 1 nitrogen and oxygen atoms in total. The molecule has 5 heteroatoms. The third-order valence-electron chi connectivity index (χ3n) is 5.09. The van der Waals surface area contributed by atoms with Crippen molar-refractivity contribution in [2.75, 3.05) is 0 Å². The van der Waals surface area contributed by atoms with Crippen molar-refractivity contribution in [3.8, 4) is 5.75 Å². The molecule has 0 aliphatic heterocycles. The van der Waals surface area contributed by atoms with Crippen LogP contribution in [0.15, 0.2) is 54.6 Å². The molecule has 0 amide bonds. The van der Waals surface area contributed by atoms with Crippen LogP contribution in [-0.2, 0) is 6.11 Å². The Morgan fingerprint density at radius 3 is 2.30 bits per heavy atom. The van der Waals surface area contributed by atoms with Gasteiger partial charge in [-0.3, -0.25) is 0 Å². The lowest BCUT2D eigenvalue weighted by Crippen LogP contribution is -2.22. The normalized spacial score (nSPS) is 20.8. The summed E-state index contributed by atoms with van der Waals surface area (Å²) in [4.78, 5) is 0. The summed E-state index contributed by atoms with van der Waals surface area (Å²) in [7, 11) is 0. The summed E-state index contributed by atoms with van der Waals surface area (Å²) in [6.45, 7) is 2.04. The molecule has 1 aliphatic carbocycles. The van der Waals surface area contributed by atoms with Gasteiger partial charge >= 0.3 is 6.11 Å². The lowest BCUT2D eigenvalue weighted by atomic mass is 9.78. The molecule has 3 rings (SSSR count). The maximum absolute atomic E-state index is 14.3. The van der Waals surface area contributed by atoms with Gasteiger partial charge in [-0.15, -0.1) is 0 Å². The highest BCUT2D eigenvalue weighted by atomic mass is 35.5. The summed E-state index contributed by atoms with van der Waals surface area (Å²) < 4.78 is 46.9. The molecular formula is C22H22ClF3O. The third kappa shape index (κ3) is 4.86. The summed E-state index contributed by atoms with van der Waals surface area (Å²) in [5, 5.41) is -0.206. The molecule has 2 aromatic rings. The van der Waals surface area contributed by atoms with Crippen LogP contribution in [0, 0.1) is 11.7 Å². The van der Waals surface area contributed by atoms with Crippen molar-refractivity contribution < 1.29 is 17.9 Å². The quantitative estimate of drug-likeness (QED) is 0.478. The number of hydrogen-bond donors (Lipinski definition) is 0. The number of halogens is 4. The summed E-state index contributed by atoms with van der Waals surface area (Å²) in [6, 6.07) is 9.63. The van der Waals surface area contributed by atoms with Crippen LogP contribution in [0.4, 0.5) is 13.2 Å². The van der Waals surface area contributed by atoms with E-state index < -0.39 is 17.5 Å². The number of hydrogen-bond acceptors (Lipinski definition) is 1. The monoisotopic (exact) mass is 394 g/mol. The van der Waals surface area contributed by atoms with Gasteiger partial charge in [-0.05, 0) is 80.3 Å². The van der Waals surface area contributed by atoms with Gasteiger partial charge in [0.15, 0.2) is 0 Å². The predicted octanol–water partition coefficient (Wildman–Crippen LogP) is 7.46. The highest BCUT2D eigenvalue weighted by molar-refractivity contribution is 6.30. The first-order valence-corrected chi connectivity index (χ1v) is 9.52. The Balaban J connectivity index is 1.66. The Kier molecular flexibility index (Phi) is 6.15. The van der Waals surface area contributed by atoms with E-state index in [1.165, 1.54) is 0 Å². The van der Waals surface area contributed by atoms with Gasteiger partial charge in [-0.2, -0.15) is 8.78 Å². The van der Waals surface area contributed by atoms with E-state index in [2.05, 4.69) is 12.2 Å². The van der Waals surface area contributed by atoms with Gasteiger partial charge in [-0.1, -0.05) is 35.9 Å². The smallest absolute Gasteiger partial charge is 0.426 e. The molecule has 0 heterocycles. The summed E-state index contributed by atoms with van der Waals surface area (Å²) in [6.07, 6.45) is 5.20. The van der Waals surface area contributed by atoms with Gasteiger partial charge in [0.05, 0.1) is 10.6 Å². The van der Waals surface area contributed by atoms with Crippen LogP contribution in [0.25, 0.3) is 0 Å². The summed E-state index contributed by atoms with van der Waals surface area (Å²) in [5.41, 5.74) is 0.568. The average molecular weight is 395 g/mol. The molecule has 2 aromatic carbocycles. The topological polar surface area (TPSA) is 9.23 Å². The molecule has 0 atom stereocenters. The van der Waals surface area contributed by atoms with E-state index in [1.54, 1.807) is 12.1 Å². The minimum atomic E-state index is -3.64. The first-order valence-electron chi connectivity index (χ1n) is 9.14. The lowest BCUT2D eigenvalue weighted by Gasteiger charge is -2.27. The SMILES string of the molecule is C/C=C/C1CCC(c2ccc(OC(F)(F)c3ccc(Cl)c(F)c3)cc2)CC1. The molecule has 0 aromatic heterocycles. The minimum absolute atomic E-state index is 0.0433. The maximum atomic E-state index is 14.3. The van der Waals surface area contributed by atoms with E-state index in [-0.39, 0.29) is 10.8 Å². The largest absolute Gasteiger partial charge is 0.429 e. The number of ether oxygens (including phenoxy) is 1. The Hall–Kier alpha value is -1.94. The molecular weight excluding hydrogens is 373 g/mol. The fraction of sp³-hybridized carbons (Fsp3) is 0.364. The predicted molar refractivity (Wildman–Crippen MR) is 102 cm³/mol. The van der Waals surface area contributed by atoms with E-state index in [9.17, 15) is 13.2 Å². The number of rotatable bonds is 5. The molecule has 0 unspecified atom stereocenters. The number of alkyl halides is 2. The second-order valence-electron chi connectivity index (χ2n) is 6.95. The molecule has 0 N–H and O–H groups in total. The third-order valence-corrected chi connectivity index (χ3v) is 5.40. The molecule has 0 spiro atoms. The van der Waals surface area contributed by atoms with E-state index in [4.69, 9.17) is 16.3 Å². The van der Waals surface area contributed by atoms with Crippen molar-refractivity contribution in [3.63, 3.8) is 0 Å².